The van der Waals surface area contributed by atoms with Gasteiger partial charge in [-0.15, -0.1) is 11.3 Å². The molecule has 4 heterocycles. The van der Waals surface area contributed by atoms with Crippen molar-refractivity contribution in [3.63, 3.8) is 0 Å². The zero-order valence-electron chi connectivity index (χ0n) is 14.6. The Morgan fingerprint density at radius 1 is 1.35 bits per heavy atom. The molecule has 3 aromatic heterocycles. The molecule has 1 atom stereocenters. The first-order chi connectivity index (χ1) is 12.6. The van der Waals surface area contributed by atoms with E-state index in [1.165, 1.54) is 6.26 Å². The Labute approximate surface area is 155 Å². The van der Waals surface area contributed by atoms with Crippen molar-refractivity contribution in [2.75, 3.05) is 18.0 Å². The van der Waals surface area contributed by atoms with Crippen LogP contribution in [0.4, 0.5) is 5.95 Å². The normalized spacial score (nSPS) is 16.8. The largest absolute Gasteiger partial charge is 0.459 e. The average Bonchev–Trinajstić information content (AvgIpc) is 3.36. The van der Waals surface area contributed by atoms with Crippen LogP contribution >= 0.6 is 11.3 Å². The van der Waals surface area contributed by atoms with E-state index in [4.69, 9.17) is 9.40 Å². The number of furan rings is 1. The number of rotatable bonds is 4. The SMILES string of the molecule is Cc1nc(C)c(-c2ccnc(N3CCC(NC(=O)c4ccco4)C3)n2)s1. The lowest BCUT2D eigenvalue weighted by Crippen LogP contribution is -2.37. The molecule has 1 aliphatic rings. The number of nitrogens with zero attached hydrogens (tertiary/aromatic N) is 4. The molecule has 0 bridgehead atoms. The van der Waals surface area contributed by atoms with Crippen LogP contribution in [0.25, 0.3) is 10.6 Å². The van der Waals surface area contributed by atoms with Crippen LogP contribution in [-0.4, -0.2) is 40.0 Å². The van der Waals surface area contributed by atoms with Gasteiger partial charge in [0.25, 0.3) is 5.91 Å². The lowest BCUT2D eigenvalue weighted by atomic mass is 10.2. The lowest BCUT2D eigenvalue weighted by molar-refractivity contribution is 0.0912. The molecule has 8 heteroatoms. The van der Waals surface area contributed by atoms with Gasteiger partial charge in [-0.3, -0.25) is 4.79 Å². The van der Waals surface area contributed by atoms with Crippen LogP contribution in [0.15, 0.2) is 35.1 Å². The first-order valence-electron chi connectivity index (χ1n) is 8.47. The average molecular weight is 369 g/mol. The monoisotopic (exact) mass is 369 g/mol. The zero-order chi connectivity index (χ0) is 18.1. The van der Waals surface area contributed by atoms with Crippen molar-refractivity contribution in [1.82, 2.24) is 20.3 Å². The Hall–Kier alpha value is -2.74. The van der Waals surface area contributed by atoms with Gasteiger partial charge < -0.3 is 14.6 Å². The minimum atomic E-state index is -0.188. The number of nitrogens with one attached hydrogen (secondary N) is 1. The van der Waals surface area contributed by atoms with Gasteiger partial charge in [-0.2, -0.15) is 0 Å². The summed E-state index contributed by atoms with van der Waals surface area (Å²) in [5, 5.41) is 4.03. The van der Waals surface area contributed by atoms with Gasteiger partial charge in [-0.1, -0.05) is 0 Å². The maximum Gasteiger partial charge on any atom is 0.287 e. The lowest BCUT2D eigenvalue weighted by Gasteiger charge is -2.17. The van der Waals surface area contributed by atoms with E-state index < -0.39 is 0 Å². The minimum absolute atomic E-state index is 0.0484. The first kappa shape index (κ1) is 16.7. The van der Waals surface area contributed by atoms with Gasteiger partial charge in [0.1, 0.15) is 0 Å². The molecule has 0 aliphatic carbocycles. The number of aromatic nitrogens is 3. The minimum Gasteiger partial charge on any atom is -0.459 e. The Morgan fingerprint density at radius 2 is 2.23 bits per heavy atom. The van der Waals surface area contributed by atoms with Crippen molar-refractivity contribution in [2.45, 2.75) is 26.3 Å². The third-order valence-electron chi connectivity index (χ3n) is 4.33. The second-order valence-electron chi connectivity index (χ2n) is 6.27. The van der Waals surface area contributed by atoms with Crippen molar-refractivity contribution >= 4 is 23.2 Å². The Kier molecular flexibility index (Phi) is 4.42. The van der Waals surface area contributed by atoms with Gasteiger partial charge in [0.2, 0.25) is 5.95 Å². The molecule has 1 aliphatic heterocycles. The fraction of sp³-hybridized carbons (Fsp3) is 0.333. The summed E-state index contributed by atoms with van der Waals surface area (Å²) in [5.74, 6) is 0.827. The third kappa shape index (κ3) is 3.32. The van der Waals surface area contributed by atoms with Crippen LogP contribution in [0, 0.1) is 13.8 Å². The van der Waals surface area contributed by atoms with E-state index >= 15 is 0 Å². The Bertz CT molecular complexity index is 922. The molecule has 0 saturated carbocycles. The molecule has 4 rings (SSSR count). The number of aryl methyl sites for hydroxylation is 2. The van der Waals surface area contributed by atoms with E-state index in [2.05, 4.69) is 20.2 Å². The van der Waals surface area contributed by atoms with Crippen LogP contribution in [-0.2, 0) is 0 Å². The molecule has 134 valence electrons. The van der Waals surface area contributed by atoms with E-state index in [1.54, 1.807) is 29.7 Å². The molecule has 0 spiro atoms. The summed E-state index contributed by atoms with van der Waals surface area (Å²) in [5.41, 5.74) is 1.88. The van der Waals surface area contributed by atoms with Gasteiger partial charge >= 0.3 is 0 Å². The number of carbonyl (C=O) groups is 1. The highest BCUT2D eigenvalue weighted by Gasteiger charge is 2.27. The predicted molar refractivity (Wildman–Crippen MR) is 99.4 cm³/mol. The van der Waals surface area contributed by atoms with Crippen LogP contribution < -0.4 is 10.2 Å². The highest BCUT2D eigenvalue weighted by Crippen LogP contribution is 2.29. The number of thiazole rings is 1. The van der Waals surface area contributed by atoms with Crippen molar-refractivity contribution in [1.29, 1.82) is 0 Å². The second-order valence-corrected chi connectivity index (χ2v) is 7.47. The second kappa shape index (κ2) is 6.87. The molecule has 1 unspecified atom stereocenters. The van der Waals surface area contributed by atoms with Crippen LogP contribution in [0.2, 0.25) is 0 Å². The van der Waals surface area contributed by atoms with Gasteiger partial charge in [-0.05, 0) is 38.5 Å². The summed E-state index contributed by atoms with van der Waals surface area (Å²) >= 11 is 1.64. The summed E-state index contributed by atoms with van der Waals surface area (Å²) in [6, 6.07) is 5.33. The van der Waals surface area contributed by atoms with Crippen molar-refractivity contribution in [2.24, 2.45) is 0 Å². The van der Waals surface area contributed by atoms with E-state index in [0.717, 1.165) is 34.2 Å². The summed E-state index contributed by atoms with van der Waals surface area (Å²) in [4.78, 5) is 28.9. The van der Waals surface area contributed by atoms with Crippen molar-refractivity contribution in [3.8, 4) is 10.6 Å². The number of carbonyl (C=O) groups excluding carboxylic acids is 1. The maximum atomic E-state index is 12.1. The molecule has 1 saturated heterocycles. The Morgan fingerprint density at radius 3 is 2.96 bits per heavy atom. The molecular weight excluding hydrogens is 350 g/mol. The van der Waals surface area contributed by atoms with Gasteiger partial charge in [0.05, 0.1) is 27.5 Å². The maximum absolute atomic E-state index is 12.1. The Balaban J connectivity index is 1.46. The molecule has 0 aromatic carbocycles. The third-order valence-corrected chi connectivity index (χ3v) is 5.43. The fourth-order valence-electron chi connectivity index (χ4n) is 3.12. The van der Waals surface area contributed by atoms with Crippen LogP contribution in [0.5, 0.6) is 0 Å². The van der Waals surface area contributed by atoms with Crippen molar-refractivity contribution in [3.05, 3.63) is 47.1 Å². The number of hydrogen-bond donors (Lipinski definition) is 1. The topological polar surface area (TPSA) is 84.2 Å². The molecule has 26 heavy (non-hydrogen) atoms. The number of amides is 1. The van der Waals surface area contributed by atoms with Crippen LogP contribution in [0.3, 0.4) is 0 Å². The number of hydrogen-bond acceptors (Lipinski definition) is 7. The molecule has 3 aromatic rings. The number of anilines is 1. The van der Waals surface area contributed by atoms with Crippen molar-refractivity contribution < 1.29 is 9.21 Å². The highest BCUT2D eigenvalue weighted by atomic mass is 32.1. The standard InChI is InChI=1S/C18H19N5O2S/c1-11-16(26-12(2)20-11)14-5-7-19-18(22-14)23-8-6-13(10-23)21-17(24)15-4-3-9-25-15/h3-5,7,9,13H,6,8,10H2,1-2H3,(H,21,24). The first-order valence-corrected chi connectivity index (χ1v) is 9.28. The molecular formula is C18H19N5O2S. The molecule has 0 radical (unpaired) electrons. The molecule has 7 nitrogen and oxygen atoms in total. The van der Waals surface area contributed by atoms with E-state index in [-0.39, 0.29) is 11.9 Å². The summed E-state index contributed by atoms with van der Waals surface area (Å²) < 4.78 is 5.14. The highest BCUT2D eigenvalue weighted by molar-refractivity contribution is 7.15. The van der Waals surface area contributed by atoms with E-state index in [9.17, 15) is 4.79 Å². The van der Waals surface area contributed by atoms with E-state index in [0.29, 0.717) is 18.3 Å². The van der Waals surface area contributed by atoms with Gasteiger partial charge in [-0.25, -0.2) is 15.0 Å². The summed E-state index contributed by atoms with van der Waals surface area (Å²) in [7, 11) is 0. The van der Waals surface area contributed by atoms with E-state index in [1.807, 2.05) is 19.9 Å². The molecule has 1 fully saturated rings. The predicted octanol–water partition coefficient (Wildman–Crippen LogP) is 2.82. The van der Waals surface area contributed by atoms with Crippen LogP contribution in [0.1, 0.15) is 27.7 Å². The summed E-state index contributed by atoms with van der Waals surface area (Å²) in [6.07, 6.45) is 4.12. The van der Waals surface area contributed by atoms with Gasteiger partial charge in [0.15, 0.2) is 5.76 Å². The zero-order valence-corrected chi connectivity index (χ0v) is 15.4. The van der Waals surface area contributed by atoms with Gasteiger partial charge in [0, 0.05) is 25.3 Å². The molecule has 1 N–H and O–H groups in total. The smallest absolute Gasteiger partial charge is 0.287 e. The summed E-state index contributed by atoms with van der Waals surface area (Å²) in [6.45, 7) is 5.47. The quantitative estimate of drug-likeness (QED) is 0.761. The molecule has 1 amide bonds. The fourth-order valence-corrected chi connectivity index (χ4v) is 4.01.